The Bertz CT molecular complexity index is 1140. The van der Waals surface area contributed by atoms with Gasteiger partial charge in [0.15, 0.2) is 0 Å². The maximum atomic E-state index is 12.4. The lowest BCUT2D eigenvalue weighted by molar-refractivity contribution is 0.294. The molecule has 2 aromatic heterocycles. The van der Waals surface area contributed by atoms with Crippen LogP contribution in [0.4, 0.5) is 0 Å². The van der Waals surface area contributed by atoms with Crippen molar-refractivity contribution >= 4 is 10.9 Å². The van der Waals surface area contributed by atoms with Gasteiger partial charge in [0.2, 0.25) is 0 Å². The fourth-order valence-electron chi connectivity index (χ4n) is 2.82. The molecule has 27 heavy (non-hydrogen) atoms. The third kappa shape index (κ3) is 3.64. The fraction of sp³-hybridized carbons (Fsp3) is 0.0952. The maximum absolute atomic E-state index is 12.4. The summed E-state index contributed by atoms with van der Waals surface area (Å²) < 4.78 is 10.9. The number of fused-ring (bicyclic) bond motifs is 1. The van der Waals surface area contributed by atoms with E-state index < -0.39 is 0 Å². The number of nitrogens with one attached hydrogen (secondary N) is 1. The minimum absolute atomic E-state index is 0.151. The Balaban J connectivity index is 1.64. The molecule has 134 valence electrons. The zero-order valence-corrected chi connectivity index (χ0v) is 14.7. The lowest BCUT2D eigenvalue weighted by Gasteiger charge is -2.08. The molecule has 6 nitrogen and oxygen atoms in total. The van der Waals surface area contributed by atoms with Crippen LogP contribution >= 0.6 is 0 Å². The summed E-state index contributed by atoms with van der Waals surface area (Å²) in [6.45, 7) is 0.151. The van der Waals surface area contributed by atoms with Crippen molar-refractivity contribution in [3.8, 4) is 22.6 Å². The molecule has 2 heterocycles. The highest BCUT2D eigenvalue weighted by Crippen LogP contribution is 2.22. The van der Waals surface area contributed by atoms with Gasteiger partial charge in [-0.15, -0.1) is 0 Å². The average molecular weight is 359 g/mol. The minimum Gasteiger partial charge on any atom is -0.497 e. The molecule has 0 aliphatic heterocycles. The van der Waals surface area contributed by atoms with Gasteiger partial charge in [0.05, 0.1) is 18.0 Å². The Morgan fingerprint density at radius 1 is 0.963 bits per heavy atom. The Kier molecular flexibility index (Phi) is 4.53. The third-order valence-corrected chi connectivity index (χ3v) is 4.19. The van der Waals surface area contributed by atoms with E-state index in [9.17, 15) is 4.79 Å². The summed E-state index contributed by atoms with van der Waals surface area (Å²) in [5.74, 6) is 1.80. The molecule has 0 aliphatic rings. The van der Waals surface area contributed by atoms with Crippen molar-refractivity contribution < 1.29 is 9.47 Å². The third-order valence-electron chi connectivity index (χ3n) is 4.19. The Morgan fingerprint density at radius 3 is 2.59 bits per heavy atom. The van der Waals surface area contributed by atoms with Crippen LogP contribution in [0.25, 0.3) is 22.0 Å². The lowest BCUT2D eigenvalue weighted by atomic mass is 10.1. The first-order chi connectivity index (χ1) is 13.2. The molecule has 0 saturated carbocycles. The van der Waals surface area contributed by atoms with Gasteiger partial charge in [0, 0.05) is 18.5 Å². The van der Waals surface area contributed by atoms with Crippen LogP contribution in [0.1, 0.15) is 5.82 Å². The van der Waals surface area contributed by atoms with Gasteiger partial charge < -0.3 is 14.5 Å². The molecular weight excluding hydrogens is 342 g/mol. The second-order valence-electron chi connectivity index (χ2n) is 5.95. The van der Waals surface area contributed by atoms with Crippen LogP contribution in [0.15, 0.2) is 71.8 Å². The number of H-pyrrole nitrogens is 1. The number of ether oxygens (including phenoxy) is 2. The van der Waals surface area contributed by atoms with E-state index in [2.05, 4.69) is 15.0 Å². The summed E-state index contributed by atoms with van der Waals surface area (Å²) in [5, 5.41) is 0.540. The molecule has 4 aromatic rings. The summed E-state index contributed by atoms with van der Waals surface area (Å²) in [5.41, 5.74) is 2.42. The highest BCUT2D eigenvalue weighted by atomic mass is 16.5. The number of aromatic amines is 1. The van der Waals surface area contributed by atoms with E-state index in [0.717, 1.165) is 11.1 Å². The molecule has 0 aliphatic carbocycles. The zero-order chi connectivity index (χ0) is 18.6. The molecule has 1 N–H and O–H groups in total. The molecule has 0 saturated heterocycles. The van der Waals surface area contributed by atoms with Crippen LogP contribution in [0.3, 0.4) is 0 Å². The molecule has 0 atom stereocenters. The van der Waals surface area contributed by atoms with E-state index in [1.54, 1.807) is 31.6 Å². The summed E-state index contributed by atoms with van der Waals surface area (Å²) in [4.78, 5) is 23.7. The minimum atomic E-state index is -0.189. The van der Waals surface area contributed by atoms with Gasteiger partial charge in [-0.25, -0.2) is 4.98 Å². The highest BCUT2D eigenvalue weighted by Gasteiger charge is 2.07. The number of rotatable bonds is 5. The Labute approximate surface area is 155 Å². The number of aromatic nitrogens is 3. The van der Waals surface area contributed by atoms with Crippen molar-refractivity contribution in [1.29, 1.82) is 0 Å². The lowest BCUT2D eigenvalue weighted by Crippen LogP contribution is -2.13. The normalized spacial score (nSPS) is 10.7. The number of pyridine rings is 1. The molecule has 4 rings (SSSR count). The molecular formula is C21H17N3O3. The van der Waals surface area contributed by atoms with E-state index in [1.165, 1.54) is 0 Å². The quantitative estimate of drug-likeness (QED) is 0.589. The number of hydrogen-bond donors (Lipinski definition) is 1. The molecule has 0 fully saturated rings. The van der Waals surface area contributed by atoms with Crippen LogP contribution in [0, 0.1) is 0 Å². The van der Waals surface area contributed by atoms with Gasteiger partial charge in [0.25, 0.3) is 5.56 Å². The van der Waals surface area contributed by atoms with Gasteiger partial charge in [-0.2, -0.15) is 0 Å². The highest BCUT2D eigenvalue weighted by molar-refractivity contribution is 5.83. The van der Waals surface area contributed by atoms with Crippen molar-refractivity contribution in [2.75, 3.05) is 7.11 Å². The zero-order valence-electron chi connectivity index (χ0n) is 14.7. The molecule has 0 amide bonds. The van der Waals surface area contributed by atoms with Crippen molar-refractivity contribution in [2.45, 2.75) is 6.61 Å². The summed E-state index contributed by atoms with van der Waals surface area (Å²) in [6.07, 6.45) is 3.47. The fourth-order valence-corrected chi connectivity index (χ4v) is 2.82. The summed E-state index contributed by atoms with van der Waals surface area (Å²) >= 11 is 0. The molecule has 6 heteroatoms. The van der Waals surface area contributed by atoms with E-state index in [4.69, 9.17) is 9.47 Å². The topological polar surface area (TPSA) is 77.1 Å². The Morgan fingerprint density at radius 2 is 1.78 bits per heavy atom. The number of hydrogen-bond acceptors (Lipinski definition) is 5. The van der Waals surface area contributed by atoms with E-state index >= 15 is 0 Å². The Hall–Kier alpha value is -3.67. The number of methoxy groups -OCH3 is 1. The average Bonchev–Trinajstić information content (AvgIpc) is 2.72. The predicted octanol–water partition coefficient (Wildman–Crippen LogP) is 3.57. The van der Waals surface area contributed by atoms with Crippen LogP contribution in [0.5, 0.6) is 11.5 Å². The van der Waals surface area contributed by atoms with E-state index in [1.807, 2.05) is 42.5 Å². The summed E-state index contributed by atoms with van der Waals surface area (Å²) in [7, 11) is 1.60. The predicted molar refractivity (Wildman–Crippen MR) is 103 cm³/mol. The second kappa shape index (κ2) is 7.29. The number of nitrogens with zero attached hydrogens (tertiary/aromatic N) is 2. The van der Waals surface area contributed by atoms with Gasteiger partial charge >= 0.3 is 0 Å². The van der Waals surface area contributed by atoms with E-state index in [-0.39, 0.29) is 12.2 Å². The first-order valence-electron chi connectivity index (χ1n) is 8.43. The first-order valence-corrected chi connectivity index (χ1v) is 8.43. The van der Waals surface area contributed by atoms with Crippen LogP contribution in [-0.2, 0) is 6.61 Å². The first kappa shape index (κ1) is 16.8. The van der Waals surface area contributed by atoms with Crippen molar-refractivity contribution in [1.82, 2.24) is 15.0 Å². The number of benzene rings is 2. The van der Waals surface area contributed by atoms with Gasteiger partial charge in [-0.3, -0.25) is 9.78 Å². The van der Waals surface area contributed by atoms with Gasteiger partial charge in [-0.05, 0) is 47.5 Å². The van der Waals surface area contributed by atoms with Crippen molar-refractivity contribution in [2.24, 2.45) is 0 Å². The molecule has 2 aromatic carbocycles. The maximum Gasteiger partial charge on any atom is 0.258 e. The van der Waals surface area contributed by atoms with Crippen LogP contribution in [0.2, 0.25) is 0 Å². The van der Waals surface area contributed by atoms with Crippen molar-refractivity contribution in [3.05, 3.63) is 83.2 Å². The monoisotopic (exact) mass is 359 g/mol. The largest absolute Gasteiger partial charge is 0.497 e. The van der Waals surface area contributed by atoms with Gasteiger partial charge in [0.1, 0.15) is 23.9 Å². The second-order valence-corrected chi connectivity index (χ2v) is 5.95. The van der Waals surface area contributed by atoms with E-state index in [0.29, 0.717) is 28.2 Å². The standard InChI is InChI=1S/C21H17N3O3/c1-26-16-3-2-4-17(12-16)27-13-20-23-19-11-15(14-7-9-22-10-8-14)5-6-18(19)21(25)24-20/h2-12H,13H2,1H3,(H,23,24,25). The SMILES string of the molecule is COc1cccc(OCc2nc3cc(-c4ccncc4)ccc3c(=O)[nH]2)c1. The van der Waals surface area contributed by atoms with Crippen LogP contribution < -0.4 is 15.0 Å². The van der Waals surface area contributed by atoms with Crippen LogP contribution in [-0.4, -0.2) is 22.1 Å². The van der Waals surface area contributed by atoms with Gasteiger partial charge in [-0.1, -0.05) is 12.1 Å². The molecule has 0 spiro atoms. The molecule has 0 unspecified atom stereocenters. The smallest absolute Gasteiger partial charge is 0.258 e. The summed E-state index contributed by atoms with van der Waals surface area (Å²) in [6, 6.07) is 16.7. The molecule has 0 radical (unpaired) electrons. The van der Waals surface area contributed by atoms with Crippen molar-refractivity contribution in [3.63, 3.8) is 0 Å². The molecule has 0 bridgehead atoms.